The molecule has 0 aromatic heterocycles. The quantitative estimate of drug-likeness (QED) is 0.618. The number of aliphatic hydroxyl groups is 1. The SMILES string of the molecule is CN1CCC(NC(=O)N2C[C@H](O)C[C@H]2C(=O)O)CC1. The Balaban J connectivity index is 1.90. The summed E-state index contributed by atoms with van der Waals surface area (Å²) in [5.74, 6) is -1.06. The van der Waals surface area contributed by atoms with Crippen molar-refractivity contribution < 1.29 is 19.8 Å². The van der Waals surface area contributed by atoms with Gasteiger partial charge in [-0.1, -0.05) is 0 Å². The maximum absolute atomic E-state index is 12.1. The fourth-order valence-electron chi connectivity index (χ4n) is 2.68. The summed E-state index contributed by atoms with van der Waals surface area (Å²) in [6.45, 7) is 1.95. The van der Waals surface area contributed by atoms with Crippen LogP contribution in [0.25, 0.3) is 0 Å². The molecule has 0 aromatic carbocycles. The molecule has 0 spiro atoms. The van der Waals surface area contributed by atoms with Crippen LogP contribution in [0, 0.1) is 0 Å². The zero-order valence-electron chi connectivity index (χ0n) is 11.1. The molecule has 0 unspecified atom stereocenters. The lowest BCUT2D eigenvalue weighted by Crippen LogP contribution is -2.51. The number of amides is 2. The molecule has 7 nitrogen and oxygen atoms in total. The topological polar surface area (TPSA) is 93.1 Å². The molecule has 0 aromatic rings. The molecule has 2 rings (SSSR count). The van der Waals surface area contributed by atoms with Gasteiger partial charge < -0.3 is 25.3 Å². The fourth-order valence-corrected chi connectivity index (χ4v) is 2.68. The molecule has 108 valence electrons. The van der Waals surface area contributed by atoms with Gasteiger partial charge in [0.05, 0.1) is 6.10 Å². The number of carbonyl (C=O) groups excluding carboxylic acids is 1. The number of hydrogen-bond acceptors (Lipinski definition) is 4. The van der Waals surface area contributed by atoms with E-state index in [0.717, 1.165) is 25.9 Å². The van der Waals surface area contributed by atoms with Gasteiger partial charge in [0.25, 0.3) is 0 Å². The number of urea groups is 1. The third-order valence-electron chi connectivity index (χ3n) is 3.87. The van der Waals surface area contributed by atoms with Crippen molar-refractivity contribution in [2.24, 2.45) is 0 Å². The average molecular weight is 271 g/mol. The maximum Gasteiger partial charge on any atom is 0.326 e. The van der Waals surface area contributed by atoms with Crippen LogP contribution in [-0.2, 0) is 4.79 Å². The molecular weight excluding hydrogens is 250 g/mol. The van der Waals surface area contributed by atoms with Gasteiger partial charge in [0.1, 0.15) is 6.04 Å². The van der Waals surface area contributed by atoms with E-state index in [1.165, 1.54) is 4.90 Å². The summed E-state index contributed by atoms with van der Waals surface area (Å²) in [7, 11) is 2.04. The molecule has 0 bridgehead atoms. The minimum absolute atomic E-state index is 0.0927. The Hall–Kier alpha value is -1.34. The number of β-amino-alcohol motifs (C(OH)–C–C–N with tert-alkyl or cyclic N) is 1. The van der Waals surface area contributed by atoms with Gasteiger partial charge in [0.2, 0.25) is 0 Å². The van der Waals surface area contributed by atoms with E-state index in [1.807, 2.05) is 7.05 Å². The molecule has 0 radical (unpaired) electrons. The van der Waals surface area contributed by atoms with Crippen molar-refractivity contribution in [3.8, 4) is 0 Å². The van der Waals surface area contributed by atoms with Gasteiger partial charge >= 0.3 is 12.0 Å². The molecule has 2 aliphatic rings. The van der Waals surface area contributed by atoms with Crippen LogP contribution < -0.4 is 5.32 Å². The highest BCUT2D eigenvalue weighted by Gasteiger charge is 2.39. The third-order valence-corrected chi connectivity index (χ3v) is 3.87. The van der Waals surface area contributed by atoms with Gasteiger partial charge in [-0.05, 0) is 33.0 Å². The van der Waals surface area contributed by atoms with E-state index in [-0.39, 0.29) is 25.0 Å². The molecule has 3 N–H and O–H groups in total. The first-order valence-corrected chi connectivity index (χ1v) is 6.64. The standard InChI is InChI=1S/C12H21N3O4/c1-14-4-2-8(3-5-14)13-12(19)15-7-9(16)6-10(15)11(17)18/h8-10,16H,2-7H2,1H3,(H,13,19)(H,17,18)/t9-,10+/m1/s1. The molecule has 7 heteroatoms. The second-order valence-electron chi connectivity index (χ2n) is 5.42. The highest BCUT2D eigenvalue weighted by atomic mass is 16.4. The van der Waals surface area contributed by atoms with Crippen LogP contribution >= 0.6 is 0 Å². The smallest absolute Gasteiger partial charge is 0.326 e. The molecule has 0 aliphatic carbocycles. The molecule has 2 atom stereocenters. The van der Waals surface area contributed by atoms with E-state index < -0.39 is 18.1 Å². The number of carboxylic acids is 1. The number of hydrogen-bond donors (Lipinski definition) is 3. The summed E-state index contributed by atoms with van der Waals surface area (Å²) in [6.07, 6.45) is 1.10. The minimum atomic E-state index is -1.06. The highest BCUT2D eigenvalue weighted by molar-refractivity contribution is 5.83. The van der Waals surface area contributed by atoms with Crippen molar-refractivity contribution in [3.63, 3.8) is 0 Å². The zero-order valence-corrected chi connectivity index (χ0v) is 11.1. The zero-order chi connectivity index (χ0) is 14.0. The Morgan fingerprint density at radius 2 is 1.89 bits per heavy atom. The summed E-state index contributed by atoms with van der Waals surface area (Å²) in [5, 5.41) is 21.4. The molecule has 2 fully saturated rings. The Labute approximate surface area is 112 Å². The van der Waals surface area contributed by atoms with Gasteiger partial charge in [0.15, 0.2) is 0 Å². The fraction of sp³-hybridized carbons (Fsp3) is 0.833. The molecule has 2 heterocycles. The Bertz CT molecular complexity index is 355. The van der Waals surface area contributed by atoms with Crippen LogP contribution in [0.4, 0.5) is 4.79 Å². The molecule has 0 saturated carbocycles. The Morgan fingerprint density at radius 1 is 1.26 bits per heavy atom. The van der Waals surface area contributed by atoms with Crippen LogP contribution in [0.15, 0.2) is 0 Å². The van der Waals surface area contributed by atoms with Gasteiger partial charge in [-0.3, -0.25) is 0 Å². The second-order valence-corrected chi connectivity index (χ2v) is 5.42. The van der Waals surface area contributed by atoms with Gasteiger partial charge in [-0.2, -0.15) is 0 Å². The Kier molecular flexibility index (Phi) is 4.26. The molecule has 19 heavy (non-hydrogen) atoms. The number of aliphatic hydroxyl groups excluding tert-OH is 1. The second kappa shape index (κ2) is 5.75. The van der Waals surface area contributed by atoms with Crippen LogP contribution in [-0.4, -0.2) is 76.9 Å². The van der Waals surface area contributed by atoms with E-state index in [4.69, 9.17) is 5.11 Å². The van der Waals surface area contributed by atoms with E-state index in [1.54, 1.807) is 0 Å². The number of aliphatic carboxylic acids is 1. The maximum atomic E-state index is 12.1. The summed E-state index contributed by atoms with van der Waals surface area (Å²) in [5.41, 5.74) is 0. The van der Waals surface area contributed by atoms with Gasteiger partial charge in [0, 0.05) is 19.0 Å². The molecule has 2 saturated heterocycles. The lowest BCUT2D eigenvalue weighted by Gasteiger charge is -2.31. The number of rotatable bonds is 2. The molecular formula is C12H21N3O4. The van der Waals surface area contributed by atoms with Crippen molar-refractivity contribution >= 4 is 12.0 Å². The highest BCUT2D eigenvalue weighted by Crippen LogP contribution is 2.19. The van der Waals surface area contributed by atoms with Crippen LogP contribution in [0.5, 0.6) is 0 Å². The molecule has 2 aliphatic heterocycles. The van der Waals surface area contributed by atoms with Gasteiger partial charge in [-0.25, -0.2) is 9.59 Å². The van der Waals surface area contributed by atoms with Crippen molar-refractivity contribution in [2.45, 2.75) is 37.5 Å². The number of carbonyl (C=O) groups is 2. The summed E-state index contributed by atoms with van der Waals surface area (Å²) < 4.78 is 0. The average Bonchev–Trinajstić information content (AvgIpc) is 2.74. The lowest BCUT2D eigenvalue weighted by molar-refractivity contribution is -0.141. The van der Waals surface area contributed by atoms with Crippen molar-refractivity contribution in [1.82, 2.24) is 15.1 Å². The van der Waals surface area contributed by atoms with Crippen molar-refractivity contribution in [3.05, 3.63) is 0 Å². The van der Waals surface area contributed by atoms with Crippen LogP contribution in [0.1, 0.15) is 19.3 Å². The predicted octanol–water partition coefficient (Wildman–Crippen LogP) is -0.690. The number of likely N-dealkylation sites (tertiary alicyclic amines) is 2. The minimum Gasteiger partial charge on any atom is -0.480 e. The third kappa shape index (κ3) is 3.36. The summed E-state index contributed by atoms with van der Waals surface area (Å²) in [6, 6.07) is -1.20. The predicted molar refractivity (Wildman–Crippen MR) is 67.8 cm³/mol. The lowest BCUT2D eigenvalue weighted by atomic mass is 10.1. The van der Waals surface area contributed by atoms with Crippen molar-refractivity contribution in [1.29, 1.82) is 0 Å². The molecule has 2 amide bonds. The Morgan fingerprint density at radius 3 is 2.47 bits per heavy atom. The first kappa shape index (κ1) is 14.1. The summed E-state index contributed by atoms with van der Waals surface area (Å²) >= 11 is 0. The van der Waals surface area contributed by atoms with E-state index in [2.05, 4.69) is 10.2 Å². The largest absolute Gasteiger partial charge is 0.480 e. The number of nitrogens with one attached hydrogen (secondary N) is 1. The summed E-state index contributed by atoms with van der Waals surface area (Å²) in [4.78, 5) is 26.6. The van der Waals surface area contributed by atoms with Crippen LogP contribution in [0.2, 0.25) is 0 Å². The first-order valence-electron chi connectivity index (χ1n) is 6.64. The van der Waals surface area contributed by atoms with Crippen molar-refractivity contribution in [2.75, 3.05) is 26.7 Å². The van der Waals surface area contributed by atoms with E-state index in [9.17, 15) is 14.7 Å². The first-order chi connectivity index (χ1) is 8.97. The number of nitrogens with zero attached hydrogens (tertiary/aromatic N) is 2. The number of piperidine rings is 1. The monoisotopic (exact) mass is 271 g/mol. The van der Waals surface area contributed by atoms with Crippen LogP contribution in [0.3, 0.4) is 0 Å². The van der Waals surface area contributed by atoms with E-state index in [0.29, 0.717) is 0 Å². The van der Waals surface area contributed by atoms with Gasteiger partial charge in [-0.15, -0.1) is 0 Å². The number of carboxylic acid groups (broad SMARTS) is 1. The normalized spacial score (nSPS) is 29.5. The van der Waals surface area contributed by atoms with E-state index >= 15 is 0 Å².